The topological polar surface area (TPSA) is 255 Å². The van der Waals surface area contributed by atoms with Crippen LogP contribution in [0.2, 0.25) is 0 Å². The van der Waals surface area contributed by atoms with Gasteiger partial charge in [0, 0.05) is 18.7 Å². The molecule has 1 heterocycles. The first kappa shape index (κ1) is 44.3. The van der Waals surface area contributed by atoms with Crippen molar-refractivity contribution in [1.29, 1.82) is 0 Å². The highest BCUT2D eigenvalue weighted by Crippen LogP contribution is 2.29. The van der Waals surface area contributed by atoms with E-state index in [1.807, 2.05) is 0 Å². The molecule has 1 aliphatic heterocycles. The van der Waals surface area contributed by atoms with E-state index >= 15 is 0 Å². The number of rotatable bonds is 10. The number of oxime groups is 1. The molecule has 1 aliphatic carbocycles. The molecule has 1 aromatic rings. The Kier molecular flexibility index (Phi) is 16.9. The van der Waals surface area contributed by atoms with Gasteiger partial charge in [0.2, 0.25) is 11.8 Å². The molecule has 2 amide bonds. The van der Waals surface area contributed by atoms with Gasteiger partial charge in [0.1, 0.15) is 6.04 Å². The largest absolute Gasteiger partial charge is 0.522 e. The van der Waals surface area contributed by atoms with Crippen LogP contribution in [0, 0.1) is 5.92 Å². The third-order valence-corrected chi connectivity index (χ3v) is 8.34. The minimum Gasteiger partial charge on any atom is -0.465 e. The second-order valence-electron chi connectivity index (χ2n) is 10.6. The molecule has 0 aromatic heterocycles. The van der Waals surface area contributed by atoms with E-state index in [1.54, 1.807) is 36.1 Å². The van der Waals surface area contributed by atoms with Crippen molar-refractivity contribution in [3.8, 4) is 0 Å². The highest BCUT2D eigenvalue weighted by atomic mass is 32.2. The number of nitrogens with two attached hydrogens (primary N) is 1. The van der Waals surface area contributed by atoms with Crippen molar-refractivity contribution in [2.45, 2.75) is 75.1 Å². The van der Waals surface area contributed by atoms with Crippen molar-refractivity contribution in [3.05, 3.63) is 35.4 Å². The Morgan fingerprint density at radius 1 is 0.960 bits per heavy atom. The molecule has 2 atom stereocenters. The van der Waals surface area contributed by atoms with Crippen LogP contribution in [0.1, 0.15) is 56.6 Å². The summed E-state index contributed by atoms with van der Waals surface area (Å²) in [6.07, 6.45) is 5.75. The van der Waals surface area contributed by atoms with E-state index in [0.29, 0.717) is 31.7 Å². The first-order valence-corrected chi connectivity index (χ1v) is 17.4. The summed E-state index contributed by atoms with van der Waals surface area (Å²) in [5, 5.41) is 17.7. The van der Waals surface area contributed by atoms with Crippen molar-refractivity contribution >= 4 is 43.9 Å². The van der Waals surface area contributed by atoms with E-state index in [0.717, 1.165) is 37.7 Å². The summed E-state index contributed by atoms with van der Waals surface area (Å²) in [6, 6.07) is 5.98. The smallest absolute Gasteiger partial charge is 0.465 e. The lowest BCUT2D eigenvalue weighted by molar-refractivity contribution is -0.151. The van der Waals surface area contributed by atoms with Crippen LogP contribution in [0.3, 0.4) is 0 Å². The molecule has 7 N–H and O–H groups in total. The minimum absolute atomic E-state index is 0.0169. The van der Waals surface area contributed by atoms with Gasteiger partial charge in [0.15, 0.2) is 5.84 Å². The Hall–Kier alpha value is -3.74. The zero-order valence-electron chi connectivity index (χ0n) is 26.3. The number of nitrogens with one attached hydrogen (secondary N) is 2. The van der Waals surface area contributed by atoms with E-state index in [4.69, 9.17) is 41.6 Å². The quantitative estimate of drug-likeness (QED) is 0.0291. The number of amides is 2. The van der Waals surface area contributed by atoms with Crippen LogP contribution in [0.25, 0.3) is 0 Å². The predicted octanol–water partition coefficient (Wildman–Crippen LogP) is 1.89. The number of amidine groups is 1. The van der Waals surface area contributed by atoms with Gasteiger partial charge in [0.05, 0.1) is 19.2 Å². The number of nitrogens with zero attached hydrogens (tertiary/aromatic N) is 2. The van der Waals surface area contributed by atoms with Crippen LogP contribution in [-0.4, -0.2) is 102 Å². The van der Waals surface area contributed by atoms with Crippen molar-refractivity contribution in [1.82, 2.24) is 15.5 Å². The zero-order valence-corrected chi connectivity index (χ0v) is 27.9. The first-order chi connectivity index (χ1) is 22.9. The SMILES string of the molecule is CCOC(=O)CN[C@@H](C(=O)N1CC[C@H]1C(=O)NCc1ccc(C(N)=NO)cc1)C1CCCCC1.O=S(=O)(O)C(F)(F)F.O=S(=O)(O)C(F)(F)F. The summed E-state index contributed by atoms with van der Waals surface area (Å²) in [4.78, 5) is 39.7. The summed E-state index contributed by atoms with van der Waals surface area (Å²) in [7, 11) is -11.7. The molecule has 50 heavy (non-hydrogen) atoms. The molecule has 0 spiro atoms. The third kappa shape index (κ3) is 14.2. The molecule has 1 aromatic carbocycles. The molecule has 0 bridgehead atoms. The fraction of sp³-hybridized carbons (Fsp3) is 0.615. The van der Waals surface area contributed by atoms with Crippen LogP contribution < -0.4 is 16.4 Å². The number of carbonyl (C=O) groups is 3. The molecule has 2 aliphatic rings. The average Bonchev–Trinajstić information content (AvgIpc) is 2.99. The second kappa shape index (κ2) is 19.0. The Morgan fingerprint density at radius 2 is 1.46 bits per heavy atom. The molecule has 16 nitrogen and oxygen atoms in total. The second-order valence-corrected chi connectivity index (χ2v) is 13.5. The highest BCUT2D eigenvalue weighted by molar-refractivity contribution is 7.86. The fourth-order valence-electron chi connectivity index (χ4n) is 4.59. The van der Waals surface area contributed by atoms with Gasteiger partial charge in [-0.15, -0.1) is 0 Å². The average molecular weight is 774 g/mol. The summed E-state index contributed by atoms with van der Waals surface area (Å²) >= 11 is 0. The number of halogens is 6. The van der Waals surface area contributed by atoms with Crippen molar-refractivity contribution in [3.63, 3.8) is 0 Å². The summed E-state index contributed by atoms with van der Waals surface area (Å²) in [6.45, 7) is 2.85. The van der Waals surface area contributed by atoms with Crippen molar-refractivity contribution < 1.29 is 76.6 Å². The number of ether oxygens (including phenoxy) is 1. The van der Waals surface area contributed by atoms with Crippen LogP contribution >= 0.6 is 0 Å². The molecule has 0 radical (unpaired) electrons. The Balaban J connectivity index is 0.000000646. The van der Waals surface area contributed by atoms with Crippen LogP contribution in [0.4, 0.5) is 26.3 Å². The van der Waals surface area contributed by atoms with E-state index in [1.165, 1.54) is 0 Å². The normalized spacial score (nSPS) is 17.9. The molecule has 3 rings (SSSR count). The van der Waals surface area contributed by atoms with E-state index < -0.39 is 43.3 Å². The number of alkyl halides is 6. The lowest BCUT2D eigenvalue weighted by atomic mass is 9.82. The predicted molar refractivity (Wildman–Crippen MR) is 161 cm³/mol. The van der Waals surface area contributed by atoms with Gasteiger partial charge in [0.25, 0.3) is 0 Å². The maximum absolute atomic E-state index is 13.4. The van der Waals surface area contributed by atoms with Gasteiger partial charge < -0.3 is 25.9 Å². The van der Waals surface area contributed by atoms with Gasteiger partial charge in [-0.3, -0.25) is 28.8 Å². The molecule has 2 fully saturated rings. The fourth-order valence-corrected chi connectivity index (χ4v) is 4.59. The van der Waals surface area contributed by atoms with E-state index in [-0.39, 0.29) is 36.1 Å². The maximum Gasteiger partial charge on any atom is 0.522 e. The number of likely N-dealkylation sites (tertiary alicyclic amines) is 1. The van der Waals surface area contributed by atoms with Crippen LogP contribution in [0.5, 0.6) is 0 Å². The Labute approximate surface area is 282 Å². The molecule has 24 heteroatoms. The Bertz CT molecular complexity index is 1490. The molecule has 0 unspecified atom stereocenters. The molecule has 286 valence electrons. The lowest BCUT2D eigenvalue weighted by Crippen LogP contribution is -2.63. The standard InChI is InChI=1S/C24H35N5O5.2CHF3O3S/c1-2-34-20(30)15-26-21(17-6-4-3-5-7-17)24(32)29-13-12-19(29)23(31)27-14-16-8-10-18(11-9-16)22(25)28-33;2*2-1(3,4)8(5,6)7/h8-11,17,19,21,26,33H,2-7,12-15H2,1H3,(H2,25,28)(H,27,31);2*(H,5,6,7)/t19-,21+;;/m0../s1. The monoisotopic (exact) mass is 773 g/mol. The maximum atomic E-state index is 13.4. The van der Waals surface area contributed by atoms with Crippen LogP contribution in [0.15, 0.2) is 29.4 Å². The molecule has 1 saturated carbocycles. The van der Waals surface area contributed by atoms with Crippen molar-refractivity contribution in [2.24, 2.45) is 16.8 Å². The number of hydrogen-bond acceptors (Lipinski definition) is 11. The van der Waals surface area contributed by atoms with E-state index in [2.05, 4.69) is 15.8 Å². The van der Waals surface area contributed by atoms with Gasteiger partial charge >= 0.3 is 37.2 Å². The lowest BCUT2D eigenvalue weighted by Gasteiger charge is -2.43. The highest BCUT2D eigenvalue weighted by Gasteiger charge is 2.45. The van der Waals surface area contributed by atoms with Gasteiger partial charge in [-0.1, -0.05) is 48.7 Å². The minimum atomic E-state index is -5.84. The van der Waals surface area contributed by atoms with Gasteiger partial charge in [-0.05, 0) is 37.7 Å². The number of carbonyl (C=O) groups excluding carboxylic acids is 3. The molecule has 1 saturated heterocycles. The van der Waals surface area contributed by atoms with Crippen LogP contribution in [-0.2, 0) is 45.9 Å². The molecular formula is C26H37F6N5O11S2. The van der Waals surface area contributed by atoms with E-state index in [9.17, 15) is 40.7 Å². The molecular weight excluding hydrogens is 736 g/mol. The zero-order chi connectivity index (χ0) is 38.5. The third-order valence-electron chi connectivity index (χ3n) is 7.17. The van der Waals surface area contributed by atoms with Gasteiger partial charge in [-0.25, -0.2) is 0 Å². The Morgan fingerprint density at radius 3 is 1.86 bits per heavy atom. The van der Waals surface area contributed by atoms with Gasteiger partial charge in [-0.2, -0.15) is 43.2 Å². The van der Waals surface area contributed by atoms with Crippen molar-refractivity contribution in [2.75, 3.05) is 19.7 Å². The number of benzene rings is 1. The first-order valence-electron chi connectivity index (χ1n) is 14.6. The number of hydrogen-bond donors (Lipinski definition) is 6. The summed E-state index contributed by atoms with van der Waals surface area (Å²) < 4.78 is 120. The summed E-state index contributed by atoms with van der Waals surface area (Å²) in [5.41, 5.74) is -4.06. The summed E-state index contributed by atoms with van der Waals surface area (Å²) in [5.74, 6) is -0.539. The number of esters is 1.